The fraction of sp³-hybridized carbons (Fsp3) is 0.238. The molecule has 4 rings (SSSR count). The number of nitrogens with one attached hydrogen (secondary N) is 2. The molecule has 0 aliphatic rings. The first-order chi connectivity index (χ1) is 13.8. The van der Waals surface area contributed by atoms with Gasteiger partial charge in [-0.2, -0.15) is 5.10 Å². The number of hydrogen-bond acceptors (Lipinski definition) is 5. The third-order valence-corrected chi connectivity index (χ3v) is 4.82. The standard InChI is InChI=1S/C21H20ClN5O2/c1-21(2,3)16-10-17(27-29-16)24-18(28)8-12-4-6-13(7-5-12)14-9-15-19(22)25-26-20(15)23-11-14/h4-7,9-11H,8H2,1-3H3,(H,23,25,26)(H,24,27,28). The second-order valence-corrected chi connectivity index (χ2v) is 8.26. The number of carbonyl (C=O) groups excluding carboxylic acids is 1. The summed E-state index contributed by atoms with van der Waals surface area (Å²) in [5.74, 6) is 0.994. The lowest BCUT2D eigenvalue weighted by molar-refractivity contribution is -0.115. The van der Waals surface area contributed by atoms with Crippen LogP contribution >= 0.6 is 11.6 Å². The highest BCUT2D eigenvalue weighted by molar-refractivity contribution is 6.34. The zero-order valence-electron chi connectivity index (χ0n) is 16.3. The highest BCUT2D eigenvalue weighted by atomic mass is 35.5. The van der Waals surface area contributed by atoms with Crippen molar-refractivity contribution < 1.29 is 9.32 Å². The molecule has 3 heterocycles. The van der Waals surface area contributed by atoms with E-state index in [-0.39, 0.29) is 17.7 Å². The Hall–Kier alpha value is -3.19. The number of amides is 1. The molecule has 0 saturated carbocycles. The topological polar surface area (TPSA) is 96.7 Å². The van der Waals surface area contributed by atoms with Crippen molar-refractivity contribution in [2.24, 2.45) is 0 Å². The lowest BCUT2D eigenvalue weighted by atomic mass is 9.93. The molecule has 0 saturated heterocycles. The van der Waals surface area contributed by atoms with E-state index in [2.05, 4.69) is 25.7 Å². The third kappa shape index (κ3) is 4.14. The lowest BCUT2D eigenvalue weighted by Crippen LogP contribution is -2.14. The molecule has 0 spiro atoms. The van der Waals surface area contributed by atoms with Crippen molar-refractivity contribution in [1.29, 1.82) is 0 Å². The first kappa shape index (κ1) is 19.1. The Balaban J connectivity index is 1.44. The molecule has 0 aliphatic carbocycles. The number of aromatic nitrogens is 4. The molecule has 0 radical (unpaired) electrons. The van der Waals surface area contributed by atoms with Crippen molar-refractivity contribution >= 4 is 34.4 Å². The molecule has 0 unspecified atom stereocenters. The van der Waals surface area contributed by atoms with E-state index in [0.717, 1.165) is 27.8 Å². The van der Waals surface area contributed by atoms with Crippen LogP contribution in [-0.2, 0) is 16.6 Å². The molecule has 0 atom stereocenters. The maximum absolute atomic E-state index is 12.3. The summed E-state index contributed by atoms with van der Waals surface area (Å²) in [6.45, 7) is 6.07. The maximum Gasteiger partial charge on any atom is 0.230 e. The molecular formula is C21H20ClN5O2. The van der Waals surface area contributed by atoms with Crippen LogP contribution in [0.3, 0.4) is 0 Å². The molecular weight excluding hydrogens is 390 g/mol. The van der Waals surface area contributed by atoms with Crippen molar-refractivity contribution in [3.05, 3.63) is 59.1 Å². The summed E-state index contributed by atoms with van der Waals surface area (Å²) < 4.78 is 5.29. The second-order valence-electron chi connectivity index (χ2n) is 7.88. The third-order valence-electron chi connectivity index (χ3n) is 4.53. The van der Waals surface area contributed by atoms with Gasteiger partial charge < -0.3 is 9.84 Å². The van der Waals surface area contributed by atoms with Gasteiger partial charge in [0.15, 0.2) is 11.5 Å². The molecule has 4 aromatic rings. The van der Waals surface area contributed by atoms with Crippen LogP contribution in [0.2, 0.25) is 5.15 Å². The molecule has 1 aromatic carbocycles. The van der Waals surface area contributed by atoms with Gasteiger partial charge in [0.25, 0.3) is 0 Å². The van der Waals surface area contributed by atoms with E-state index in [1.807, 2.05) is 51.1 Å². The van der Waals surface area contributed by atoms with Crippen molar-refractivity contribution in [2.45, 2.75) is 32.6 Å². The van der Waals surface area contributed by atoms with E-state index in [1.165, 1.54) is 0 Å². The van der Waals surface area contributed by atoms with Crippen molar-refractivity contribution in [2.75, 3.05) is 5.32 Å². The van der Waals surface area contributed by atoms with Crippen molar-refractivity contribution in [1.82, 2.24) is 20.3 Å². The summed E-state index contributed by atoms with van der Waals surface area (Å²) in [5, 5.41) is 14.7. The van der Waals surface area contributed by atoms with Gasteiger partial charge in [-0.05, 0) is 17.2 Å². The summed E-state index contributed by atoms with van der Waals surface area (Å²) in [5.41, 5.74) is 3.21. The van der Waals surface area contributed by atoms with Crippen LogP contribution in [0, 0.1) is 0 Å². The summed E-state index contributed by atoms with van der Waals surface area (Å²) in [4.78, 5) is 16.6. The molecule has 8 heteroatoms. The fourth-order valence-electron chi connectivity index (χ4n) is 2.90. The minimum absolute atomic E-state index is 0.153. The Bertz CT molecular complexity index is 1170. The van der Waals surface area contributed by atoms with Crippen LogP contribution in [0.4, 0.5) is 5.82 Å². The Labute approximate surface area is 172 Å². The minimum Gasteiger partial charge on any atom is -0.359 e. The predicted octanol–water partition coefficient (Wildman–Crippen LogP) is 4.75. The van der Waals surface area contributed by atoms with Gasteiger partial charge in [0, 0.05) is 23.2 Å². The first-order valence-corrected chi connectivity index (χ1v) is 9.53. The van der Waals surface area contributed by atoms with Crippen LogP contribution in [-0.4, -0.2) is 26.2 Å². The number of H-pyrrole nitrogens is 1. The number of benzene rings is 1. The monoisotopic (exact) mass is 409 g/mol. The van der Waals surface area contributed by atoms with E-state index < -0.39 is 0 Å². The van der Waals surface area contributed by atoms with E-state index in [4.69, 9.17) is 16.1 Å². The van der Waals surface area contributed by atoms with Crippen LogP contribution in [0.15, 0.2) is 47.1 Å². The predicted molar refractivity (Wildman–Crippen MR) is 112 cm³/mol. The molecule has 0 fully saturated rings. The number of carbonyl (C=O) groups is 1. The Morgan fingerprint density at radius 2 is 1.93 bits per heavy atom. The zero-order chi connectivity index (χ0) is 20.6. The van der Waals surface area contributed by atoms with Gasteiger partial charge in [-0.25, -0.2) is 4.98 Å². The number of aromatic amines is 1. The zero-order valence-corrected chi connectivity index (χ0v) is 17.0. The molecule has 2 N–H and O–H groups in total. The SMILES string of the molecule is CC(C)(C)c1cc(NC(=O)Cc2ccc(-c3cnc4n[nH]c(Cl)c4c3)cc2)no1. The van der Waals surface area contributed by atoms with Crippen LogP contribution < -0.4 is 5.32 Å². The number of hydrogen-bond donors (Lipinski definition) is 2. The van der Waals surface area contributed by atoms with E-state index in [0.29, 0.717) is 16.6 Å². The lowest BCUT2D eigenvalue weighted by Gasteiger charge is -2.12. The Kier molecular flexibility index (Phi) is 4.84. The summed E-state index contributed by atoms with van der Waals surface area (Å²) in [6.07, 6.45) is 1.99. The largest absolute Gasteiger partial charge is 0.359 e. The average molecular weight is 410 g/mol. The fourth-order valence-corrected chi connectivity index (χ4v) is 3.08. The molecule has 1 amide bonds. The number of halogens is 1. The summed E-state index contributed by atoms with van der Waals surface area (Å²) in [6, 6.07) is 11.4. The number of rotatable bonds is 4. The number of pyridine rings is 1. The molecule has 0 aliphatic heterocycles. The Morgan fingerprint density at radius 1 is 1.17 bits per heavy atom. The number of anilines is 1. The van der Waals surface area contributed by atoms with E-state index >= 15 is 0 Å². The van der Waals surface area contributed by atoms with Gasteiger partial charge in [0.2, 0.25) is 5.91 Å². The smallest absolute Gasteiger partial charge is 0.230 e. The normalized spacial score (nSPS) is 11.7. The van der Waals surface area contributed by atoms with Gasteiger partial charge >= 0.3 is 0 Å². The van der Waals surface area contributed by atoms with Crippen LogP contribution in [0.5, 0.6) is 0 Å². The molecule has 0 bridgehead atoms. The first-order valence-electron chi connectivity index (χ1n) is 9.15. The number of nitrogens with zero attached hydrogens (tertiary/aromatic N) is 3. The number of fused-ring (bicyclic) bond motifs is 1. The van der Waals surface area contributed by atoms with Gasteiger partial charge in [-0.3, -0.25) is 9.89 Å². The van der Waals surface area contributed by atoms with E-state index in [1.54, 1.807) is 12.3 Å². The molecule has 148 valence electrons. The van der Waals surface area contributed by atoms with Gasteiger partial charge in [0.05, 0.1) is 11.8 Å². The Morgan fingerprint density at radius 3 is 2.62 bits per heavy atom. The van der Waals surface area contributed by atoms with E-state index in [9.17, 15) is 4.79 Å². The minimum atomic E-state index is -0.162. The summed E-state index contributed by atoms with van der Waals surface area (Å²) >= 11 is 6.09. The van der Waals surface area contributed by atoms with Gasteiger partial charge in [0.1, 0.15) is 10.9 Å². The summed E-state index contributed by atoms with van der Waals surface area (Å²) in [7, 11) is 0. The molecule has 7 nitrogen and oxygen atoms in total. The van der Waals surface area contributed by atoms with Crippen molar-refractivity contribution in [3.8, 4) is 11.1 Å². The highest BCUT2D eigenvalue weighted by Crippen LogP contribution is 2.26. The van der Waals surface area contributed by atoms with Crippen molar-refractivity contribution in [3.63, 3.8) is 0 Å². The quantitative estimate of drug-likeness (QED) is 0.507. The van der Waals surface area contributed by atoms with Crippen LogP contribution in [0.1, 0.15) is 32.1 Å². The molecule has 29 heavy (non-hydrogen) atoms. The maximum atomic E-state index is 12.3. The van der Waals surface area contributed by atoms with Gasteiger partial charge in [-0.1, -0.05) is 61.8 Å². The molecule has 3 aromatic heterocycles. The second kappa shape index (κ2) is 7.33. The van der Waals surface area contributed by atoms with Crippen LogP contribution in [0.25, 0.3) is 22.2 Å². The highest BCUT2D eigenvalue weighted by Gasteiger charge is 2.20. The van der Waals surface area contributed by atoms with Gasteiger partial charge in [-0.15, -0.1) is 0 Å². The average Bonchev–Trinajstić information content (AvgIpc) is 3.29.